The Kier molecular flexibility index (Phi) is 5.73. The first kappa shape index (κ1) is 12.5. The van der Waals surface area contributed by atoms with E-state index >= 15 is 0 Å². The molecule has 15 heavy (non-hydrogen) atoms. The van der Waals surface area contributed by atoms with Crippen molar-refractivity contribution in [2.24, 2.45) is 0 Å². The van der Waals surface area contributed by atoms with Gasteiger partial charge in [-0.25, -0.2) is 0 Å². The summed E-state index contributed by atoms with van der Waals surface area (Å²) in [5, 5.41) is 3.58. The molecule has 0 aliphatic carbocycles. The minimum Gasteiger partial charge on any atom is -0.307 e. The second-order valence-corrected chi connectivity index (χ2v) is 5.05. The lowest BCUT2D eigenvalue weighted by atomic mass is 10.1. The monoisotopic (exact) mass is 224 g/mol. The number of nitrogens with one attached hydrogen (secondary N) is 1. The fraction of sp³-hybridized carbons (Fsp3) is 0.583. The van der Waals surface area contributed by atoms with E-state index in [0.29, 0.717) is 12.1 Å². The van der Waals surface area contributed by atoms with Crippen LogP contribution in [0.25, 0.3) is 0 Å². The smallest absolute Gasteiger partial charge is 0.0295 e. The Morgan fingerprint density at radius 2 is 2.00 bits per heavy atom. The van der Waals surface area contributed by atoms with Gasteiger partial charge in [-0.15, -0.1) is 0 Å². The van der Waals surface area contributed by atoms with Crippen LogP contribution in [0.3, 0.4) is 0 Å². The molecule has 0 aliphatic heterocycles. The third-order valence-electron chi connectivity index (χ3n) is 2.31. The van der Waals surface area contributed by atoms with E-state index in [4.69, 9.17) is 0 Å². The lowest BCUT2D eigenvalue weighted by molar-refractivity contribution is 0.511. The van der Waals surface area contributed by atoms with Gasteiger partial charge >= 0.3 is 0 Å². The standard InChI is InChI=1S/C12H20N2S/c1-4-15-9-10(2)14-11(3)12-5-7-13-8-6-12/h5-8,10-11,14H,4,9H2,1-3H3. The van der Waals surface area contributed by atoms with Crippen molar-refractivity contribution in [2.75, 3.05) is 11.5 Å². The summed E-state index contributed by atoms with van der Waals surface area (Å²) in [6.45, 7) is 6.63. The predicted molar refractivity (Wildman–Crippen MR) is 68.2 cm³/mol. The first-order valence-electron chi connectivity index (χ1n) is 5.47. The summed E-state index contributed by atoms with van der Waals surface area (Å²) in [7, 11) is 0. The second kappa shape index (κ2) is 6.85. The van der Waals surface area contributed by atoms with Gasteiger partial charge in [-0.2, -0.15) is 11.8 Å². The molecule has 84 valence electrons. The zero-order chi connectivity index (χ0) is 11.1. The fourth-order valence-electron chi connectivity index (χ4n) is 1.52. The summed E-state index contributed by atoms with van der Waals surface area (Å²) >= 11 is 1.98. The van der Waals surface area contributed by atoms with Crippen molar-refractivity contribution in [1.29, 1.82) is 0 Å². The van der Waals surface area contributed by atoms with Crippen LogP contribution in [0.15, 0.2) is 24.5 Å². The molecule has 0 saturated heterocycles. The van der Waals surface area contributed by atoms with Gasteiger partial charge in [-0.05, 0) is 37.3 Å². The zero-order valence-electron chi connectivity index (χ0n) is 9.73. The van der Waals surface area contributed by atoms with Gasteiger partial charge in [0.1, 0.15) is 0 Å². The molecule has 1 heterocycles. The molecule has 2 nitrogen and oxygen atoms in total. The number of thioether (sulfide) groups is 1. The highest BCUT2D eigenvalue weighted by atomic mass is 32.2. The molecule has 1 N–H and O–H groups in total. The molecule has 0 amide bonds. The van der Waals surface area contributed by atoms with E-state index in [1.807, 2.05) is 24.2 Å². The largest absolute Gasteiger partial charge is 0.307 e. The van der Waals surface area contributed by atoms with E-state index in [9.17, 15) is 0 Å². The van der Waals surface area contributed by atoms with Crippen molar-refractivity contribution >= 4 is 11.8 Å². The predicted octanol–water partition coefficient (Wildman–Crippen LogP) is 2.87. The van der Waals surface area contributed by atoms with Crippen LogP contribution in [-0.4, -0.2) is 22.5 Å². The Hall–Kier alpha value is -0.540. The van der Waals surface area contributed by atoms with E-state index in [1.54, 1.807) is 0 Å². The van der Waals surface area contributed by atoms with Crippen LogP contribution in [0.2, 0.25) is 0 Å². The van der Waals surface area contributed by atoms with Crippen LogP contribution < -0.4 is 5.32 Å². The molecule has 0 spiro atoms. The second-order valence-electron chi connectivity index (χ2n) is 3.73. The molecule has 3 heteroatoms. The third-order valence-corrected chi connectivity index (χ3v) is 3.46. The summed E-state index contributed by atoms with van der Waals surface area (Å²) in [5.41, 5.74) is 1.30. The first-order valence-corrected chi connectivity index (χ1v) is 6.63. The maximum atomic E-state index is 4.02. The Bertz CT molecular complexity index is 264. The first-order chi connectivity index (χ1) is 7.24. The van der Waals surface area contributed by atoms with Crippen LogP contribution in [0, 0.1) is 0 Å². The van der Waals surface area contributed by atoms with Crippen LogP contribution in [-0.2, 0) is 0 Å². The molecule has 2 atom stereocenters. The number of nitrogens with zero attached hydrogens (tertiary/aromatic N) is 1. The number of rotatable bonds is 6. The Labute approximate surface area is 96.9 Å². The molecule has 0 aliphatic rings. The van der Waals surface area contributed by atoms with Crippen molar-refractivity contribution in [3.63, 3.8) is 0 Å². The summed E-state index contributed by atoms with van der Waals surface area (Å²) in [6, 6.07) is 5.09. The molecular formula is C12H20N2S. The van der Waals surface area contributed by atoms with E-state index in [2.05, 4.69) is 43.2 Å². The van der Waals surface area contributed by atoms with Gasteiger partial charge in [-0.3, -0.25) is 4.98 Å². The Balaban J connectivity index is 2.38. The van der Waals surface area contributed by atoms with Gasteiger partial charge in [0.2, 0.25) is 0 Å². The van der Waals surface area contributed by atoms with E-state index in [-0.39, 0.29) is 0 Å². The average molecular weight is 224 g/mol. The number of aromatic nitrogens is 1. The maximum Gasteiger partial charge on any atom is 0.0295 e. The minimum absolute atomic E-state index is 0.403. The van der Waals surface area contributed by atoms with E-state index in [0.717, 1.165) is 0 Å². The van der Waals surface area contributed by atoms with Gasteiger partial charge in [0.15, 0.2) is 0 Å². The molecule has 0 saturated carbocycles. The van der Waals surface area contributed by atoms with Crippen molar-refractivity contribution < 1.29 is 0 Å². The zero-order valence-corrected chi connectivity index (χ0v) is 10.6. The van der Waals surface area contributed by atoms with Crippen molar-refractivity contribution in [3.05, 3.63) is 30.1 Å². The van der Waals surface area contributed by atoms with Gasteiger partial charge in [-0.1, -0.05) is 6.92 Å². The lowest BCUT2D eigenvalue weighted by Crippen LogP contribution is -2.30. The minimum atomic E-state index is 0.403. The van der Waals surface area contributed by atoms with Crippen molar-refractivity contribution in [1.82, 2.24) is 10.3 Å². The van der Waals surface area contributed by atoms with Crippen LogP contribution in [0.4, 0.5) is 0 Å². The SMILES string of the molecule is CCSCC(C)NC(C)c1ccncc1. The maximum absolute atomic E-state index is 4.02. The van der Waals surface area contributed by atoms with Gasteiger partial charge in [0.25, 0.3) is 0 Å². The van der Waals surface area contributed by atoms with Gasteiger partial charge in [0, 0.05) is 30.2 Å². The van der Waals surface area contributed by atoms with Gasteiger partial charge in [0.05, 0.1) is 0 Å². The molecule has 0 bridgehead atoms. The van der Waals surface area contributed by atoms with Crippen molar-refractivity contribution in [2.45, 2.75) is 32.9 Å². The summed E-state index contributed by atoms with van der Waals surface area (Å²) in [5.74, 6) is 2.36. The summed E-state index contributed by atoms with van der Waals surface area (Å²) < 4.78 is 0. The quantitative estimate of drug-likeness (QED) is 0.804. The number of pyridine rings is 1. The molecular weight excluding hydrogens is 204 g/mol. The van der Waals surface area contributed by atoms with Crippen molar-refractivity contribution in [3.8, 4) is 0 Å². The average Bonchev–Trinajstić information content (AvgIpc) is 2.27. The van der Waals surface area contributed by atoms with E-state index in [1.165, 1.54) is 17.1 Å². The summed E-state index contributed by atoms with van der Waals surface area (Å²) in [4.78, 5) is 4.02. The van der Waals surface area contributed by atoms with Gasteiger partial charge < -0.3 is 5.32 Å². The molecule has 0 fully saturated rings. The Morgan fingerprint density at radius 1 is 1.33 bits per heavy atom. The van der Waals surface area contributed by atoms with Crippen LogP contribution in [0.1, 0.15) is 32.4 Å². The van der Waals surface area contributed by atoms with Crippen LogP contribution in [0.5, 0.6) is 0 Å². The highest BCUT2D eigenvalue weighted by Crippen LogP contribution is 2.12. The molecule has 1 aromatic rings. The molecule has 0 aromatic carbocycles. The normalized spacial score (nSPS) is 14.9. The highest BCUT2D eigenvalue weighted by Gasteiger charge is 2.08. The topological polar surface area (TPSA) is 24.9 Å². The molecule has 2 unspecified atom stereocenters. The third kappa shape index (κ3) is 4.67. The molecule has 0 radical (unpaired) electrons. The number of hydrogen-bond acceptors (Lipinski definition) is 3. The lowest BCUT2D eigenvalue weighted by Gasteiger charge is -2.19. The van der Waals surface area contributed by atoms with E-state index < -0.39 is 0 Å². The number of hydrogen-bond donors (Lipinski definition) is 1. The molecule has 1 aromatic heterocycles. The highest BCUT2D eigenvalue weighted by molar-refractivity contribution is 7.99. The Morgan fingerprint density at radius 3 is 2.60 bits per heavy atom. The summed E-state index contributed by atoms with van der Waals surface area (Å²) in [6.07, 6.45) is 3.69. The van der Waals surface area contributed by atoms with Crippen LogP contribution >= 0.6 is 11.8 Å². The molecule has 1 rings (SSSR count). The fourth-order valence-corrected chi connectivity index (χ4v) is 2.20.